The van der Waals surface area contributed by atoms with Crippen LogP contribution in [0.1, 0.15) is 19.4 Å². The molecule has 3 aromatic rings. The van der Waals surface area contributed by atoms with Crippen molar-refractivity contribution in [2.24, 2.45) is 0 Å². The number of alkyl halides is 3. The lowest BCUT2D eigenvalue weighted by atomic mass is 10.2. The zero-order valence-corrected chi connectivity index (χ0v) is 14.7. The van der Waals surface area contributed by atoms with Gasteiger partial charge in [-0.2, -0.15) is 13.2 Å². The number of carbonyl (C=O) groups excluding carboxylic acids is 1. The van der Waals surface area contributed by atoms with Gasteiger partial charge in [0, 0.05) is 5.69 Å². The first kappa shape index (κ1) is 18.8. The molecule has 0 aliphatic carbocycles. The predicted molar refractivity (Wildman–Crippen MR) is 92.8 cm³/mol. The minimum absolute atomic E-state index is 0.251. The first-order valence-electron chi connectivity index (χ1n) is 8.27. The summed E-state index contributed by atoms with van der Waals surface area (Å²) in [6, 6.07) is 10.2. The molecule has 1 unspecified atom stereocenters. The van der Waals surface area contributed by atoms with Crippen LogP contribution in [0.15, 0.2) is 48.8 Å². The maximum atomic E-state index is 12.8. The fourth-order valence-corrected chi connectivity index (χ4v) is 2.59. The Bertz CT molecular complexity index is 949. The van der Waals surface area contributed by atoms with Crippen molar-refractivity contribution in [3.05, 3.63) is 54.4 Å². The molecule has 1 atom stereocenters. The van der Waals surface area contributed by atoms with Gasteiger partial charge in [0.15, 0.2) is 6.10 Å². The molecular weight excluding hydrogens is 361 g/mol. The van der Waals surface area contributed by atoms with E-state index < -0.39 is 23.8 Å². The molecule has 0 radical (unpaired) electrons. The minimum atomic E-state index is -4.41. The van der Waals surface area contributed by atoms with Gasteiger partial charge in [-0.1, -0.05) is 0 Å². The molecule has 0 amide bonds. The molecule has 5 nitrogen and oxygen atoms in total. The maximum absolute atomic E-state index is 12.8. The topological polar surface area (TPSA) is 53.4 Å². The van der Waals surface area contributed by atoms with Crippen LogP contribution in [0.2, 0.25) is 0 Å². The highest BCUT2D eigenvalue weighted by molar-refractivity contribution is 5.78. The summed E-state index contributed by atoms with van der Waals surface area (Å²) >= 11 is 0. The number of ether oxygens (including phenoxy) is 2. The highest BCUT2D eigenvalue weighted by Gasteiger charge is 2.30. The highest BCUT2D eigenvalue weighted by Crippen LogP contribution is 2.31. The Kier molecular flexibility index (Phi) is 5.07. The number of fused-ring (bicyclic) bond motifs is 1. The summed E-state index contributed by atoms with van der Waals surface area (Å²) < 4.78 is 50.5. The number of nitrogens with zero attached hydrogens (tertiary/aromatic N) is 2. The number of aromatic nitrogens is 2. The molecule has 0 saturated carbocycles. The number of imidazole rings is 1. The van der Waals surface area contributed by atoms with Crippen LogP contribution in [0, 0.1) is 0 Å². The molecule has 0 aliphatic heterocycles. The van der Waals surface area contributed by atoms with E-state index in [2.05, 4.69) is 4.98 Å². The van der Waals surface area contributed by atoms with Gasteiger partial charge in [-0.3, -0.25) is 4.57 Å². The molecule has 8 heteroatoms. The highest BCUT2D eigenvalue weighted by atomic mass is 19.4. The van der Waals surface area contributed by atoms with Gasteiger partial charge in [-0.15, -0.1) is 0 Å². The predicted octanol–water partition coefficient (Wildman–Crippen LogP) is 4.37. The van der Waals surface area contributed by atoms with E-state index in [1.807, 2.05) is 0 Å². The molecular formula is C19H17F3N2O3. The number of rotatable bonds is 5. The SMILES string of the molecule is CCOC(=O)C(C)Oc1ccc(-n2cnc3cc(C(F)(F)F)ccc32)cc1. The number of benzene rings is 2. The van der Waals surface area contributed by atoms with Crippen molar-refractivity contribution >= 4 is 17.0 Å². The van der Waals surface area contributed by atoms with Crippen molar-refractivity contribution < 1.29 is 27.4 Å². The zero-order valence-electron chi connectivity index (χ0n) is 14.7. The lowest BCUT2D eigenvalue weighted by molar-refractivity contribution is -0.150. The Balaban J connectivity index is 1.82. The van der Waals surface area contributed by atoms with Crippen LogP contribution in [-0.4, -0.2) is 28.2 Å². The second-order valence-electron chi connectivity index (χ2n) is 5.82. The van der Waals surface area contributed by atoms with Crippen LogP contribution >= 0.6 is 0 Å². The number of esters is 1. The van der Waals surface area contributed by atoms with Crippen molar-refractivity contribution in [3.63, 3.8) is 0 Å². The van der Waals surface area contributed by atoms with E-state index in [1.165, 1.54) is 12.4 Å². The Hall–Kier alpha value is -3.03. The number of halogens is 3. The van der Waals surface area contributed by atoms with Crippen molar-refractivity contribution in [2.45, 2.75) is 26.1 Å². The van der Waals surface area contributed by atoms with Crippen molar-refractivity contribution in [1.29, 1.82) is 0 Å². The molecule has 27 heavy (non-hydrogen) atoms. The number of hydrogen-bond donors (Lipinski definition) is 0. The van der Waals surface area contributed by atoms with E-state index in [1.54, 1.807) is 42.7 Å². The molecule has 142 valence electrons. The van der Waals surface area contributed by atoms with E-state index in [-0.39, 0.29) is 12.1 Å². The third-order valence-corrected chi connectivity index (χ3v) is 3.92. The van der Waals surface area contributed by atoms with Crippen LogP contribution in [0.4, 0.5) is 13.2 Å². The largest absolute Gasteiger partial charge is 0.479 e. The minimum Gasteiger partial charge on any atom is -0.479 e. The van der Waals surface area contributed by atoms with Gasteiger partial charge >= 0.3 is 12.1 Å². The van der Waals surface area contributed by atoms with Gasteiger partial charge < -0.3 is 9.47 Å². The summed E-state index contributed by atoms with van der Waals surface area (Å²) in [5, 5.41) is 0. The molecule has 0 fully saturated rings. The molecule has 0 aliphatic rings. The Labute approximate surface area is 153 Å². The second kappa shape index (κ2) is 7.30. The van der Waals surface area contributed by atoms with Gasteiger partial charge in [0.2, 0.25) is 0 Å². The van der Waals surface area contributed by atoms with E-state index in [4.69, 9.17) is 9.47 Å². The summed E-state index contributed by atoms with van der Waals surface area (Å²) in [6.45, 7) is 3.58. The third-order valence-electron chi connectivity index (χ3n) is 3.92. The summed E-state index contributed by atoms with van der Waals surface area (Å²) in [6.07, 6.45) is -3.69. The van der Waals surface area contributed by atoms with Crippen LogP contribution in [0.5, 0.6) is 5.75 Å². The van der Waals surface area contributed by atoms with E-state index in [0.717, 1.165) is 12.1 Å². The van der Waals surface area contributed by atoms with Gasteiger partial charge in [-0.25, -0.2) is 9.78 Å². The average Bonchev–Trinajstić information content (AvgIpc) is 3.05. The normalized spacial score (nSPS) is 12.8. The second-order valence-corrected chi connectivity index (χ2v) is 5.82. The third kappa shape index (κ3) is 4.05. The maximum Gasteiger partial charge on any atom is 0.416 e. The van der Waals surface area contributed by atoms with Gasteiger partial charge in [0.05, 0.1) is 23.2 Å². The van der Waals surface area contributed by atoms with E-state index in [9.17, 15) is 18.0 Å². The molecule has 3 rings (SSSR count). The lowest BCUT2D eigenvalue weighted by Gasteiger charge is -2.14. The fourth-order valence-electron chi connectivity index (χ4n) is 2.59. The Morgan fingerprint density at radius 2 is 1.89 bits per heavy atom. The molecule has 1 heterocycles. The van der Waals surface area contributed by atoms with Gasteiger partial charge in [0.25, 0.3) is 0 Å². The smallest absolute Gasteiger partial charge is 0.416 e. The molecule has 0 saturated heterocycles. The summed E-state index contributed by atoms with van der Waals surface area (Å²) in [5.74, 6) is 0.0192. The first-order chi connectivity index (χ1) is 12.8. The van der Waals surface area contributed by atoms with Gasteiger partial charge in [0.1, 0.15) is 12.1 Å². The summed E-state index contributed by atoms with van der Waals surface area (Å²) in [5.41, 5.74) is 0.767. The van der Waals surface area contributed by atoms with Crippen molar-refractivity contribution in [3.8, 4) is 11.4 Å². The Morgan fingerprint density at radius 3 is 2.52 bits per heavy atom. The molecule has 0 bridgehead atoms. The summed E-state index contributed by atoms with van der Waals surface area (Å²) in [4.78, 5) is 15.7. The van der Waals surface area contributed by atoms with Crippen LogP contribution in [-0.2, 0) is 15.7 Å². The van der Waals surface area contributed by atoms with E-state index >= 15 is 0 Å². The van der Waals surface area contributed by atoms with Crippen LogP contribution < -0.4 is 4.74 Å². The number of carbonyl (C=O) groups is 1. The first-order valence-corrected chi connectivity index (χ1v) is 8.27. The Morgan fingerprint density at radius 1 is 1.19 bits per heavy atom. The lowest BCUT2D eigenvalue weighted by Crippen LogP contribution is -2.26. The average molecular weight is 378 g/mol. The molecule has 1 aromatic heterocycles. The van der Waals surface area contributed by atoms with Crippen molar-refractivity contribution in [1.82, 2.24) is 9.55 Å². The molecule has 0 N–H and O–H groups in total. The van der Waals surface area contributed by atoms with Crippen LogP contribution in [0.3, 0.4) is 0 Å². The monoisotopic (exact) mass is 378 g/mol. The molecule has 2 aromatic carbocycles. The standard InChI is InChI=1S/C19H17F3N2O3/c1-3-26-18(25)12(2)27-15-7-5-14(6-8-15)24-11-23-16-10-13(19(20,21)22)4-9-17(16)24/h4-12H,3H2,1-2H3. The van der Waals surface area contributed by atoms with Crippen LogP contribution in [0.25, 0.3) is 16.7 Å². The zero-order chi connectivity index (χ0) is 19.6. The van der Waals surface area contributed by atoms with E-state index in [0.29, 0.717) is 17.0 Å². The van der Waals surface area contributed by atoms with Gasteiger partial charge in [-0.05, 0) is 56.3 Å². The van der Waals surface area contributed by atoms with Crippen molar-refractivity contribution in [2.75, 3.05) is 6.61 Å². The molecule has 0 spiro atoms. The number of hydrogen-bond acceptors (Lipinski definition) is 4. The fraction of sp³-hybridized carbons (Fsp3) is 0.263. The quantitative estimate of drug-likeness (QED) is 0.619. The summed E-state index contributed by atoms with van der Waals surface area (Å²) in [7, 11) is 0.